The minimum atomic E-state index is -1.04. The Morgan fingerprint density at radius 1 is 1.07 bits per heavy atom. The molecule has 3 N–H and O–H groups in total. The van der Waals surface area contributed by atoms with E-state index in [0.717, 1.165) is 0 Å². The number of aromatic nitrogens is 2. The number of urea groups is 1. The second kappa shape index (κ2) is 11.0. The van der Waals surface area contributed by atoms with Crippen molar-refractivity contribution < 1.29 is 28.9 Å². The smallest absolute Gasteiger partial charge is 0.335 e. The summed E-state index contributed by atoms with van der Waals surface area (Å²) < 4.78 is 21.3. The Bertz CT molecular complexity index is 1520. The maximum Gasteiger partial charge on any atom is 0.335 e. The lowest BCUT2D eigenvalue weighted by Gasteiger charge is -2.39. The van der Waals surface area contributed by atoms with E-state index in [1.807, 2.05) is 0 Å². The Labute approximate surface area is 230 Å². The zero-order chi connectivity index (χ0) is 28.4. The van der Waals surface area contributed by atoms with Crippen molar-refractivity contribution in [1.82, 2.24) is 14.7 Å². The van der Waals surface area contributed by atoms with E-state index >= 15 is 0 Å². The van der Waals surface area contributed by atoms with Gasteiger partial charge in [0.25, 0.3) is 0 Å². The van der Waals surface area contributed by atoms with Crippen molar-refractivity contribution in [3.05, 3.63) is 78.2 Å². The molecule has 208 valence electrons. The molecule has 1 saturated heterocycles. The van der Waals surface area contributed by atoms with Gasteiger partial charge in [-0.2, -0.15) is 5.10 Å². The second-order valence-electron chi connectivity index (χ2n) is 10.6. The van der Waals surface area contributed by atoms with E-state index in [9.17, 15) is 24.2 Å². The Balaban J connectivity index is 1.44. The maximum absolute atomic E-state index is 13.6. The molecule has 1 aliphatic heterocycles. The van der Waals surface area contributed by atoms with Crippen LogP contribution < -0.4 is 10.1 Å². The predicted molar refractivity (Wildman–Crippen MR) is 149 cm³/mol. The van der Waals surface area contributed by atoms with Crippen LogP contribution in [-0.2, 0) is 0 Å². The molecule has 0 aliphatic carbocycles. The van der Waals surface area contributed by atoms with Crippen LogP contribution in [-0.4, -0.2) is 55.6 Å². The number of anilines is 1. The normalized spacial score (nSPS) is 14.9. The third-order valence-electron chi connectivity index (χ3n) is 7.07. The summed E-state index contributed by atoms with van der Waals surface area (Å²) in [4.78, 5) is 26.1. The number of aromatic carboxylic acids is 1. The van der Waals surface area contributed by atoms with E-state index in [1.54, 1.807) is 52.2 Å². The summed E-state index contributed by atoms with van der Waals surface area (Å²) >= 11 is 0. The third kappa shape index (κ3) is 5.91. The molecule has 0 atom stereocenters. The van der Waals surface area contributed by atoms with Gasteiger partial charge in [-0.15, -0.1) is 0 Å². The molecular weight excluding hydrogens is 515 g/mol. The Morgan fingerprint density at radius 2 is 1.75 bits per heavy atom. The summed E-state index contributed by atoms with van der Waals surface area (Å²) in [5.41, 5.74) is 1.07. The molecule has 9 nitrogen and oxygen atoms in total. The molecule has 0 bridgehead atoms. The Kier molecular flexibility index (Phi) is 7.44. The van der Waals surface area contributed by atoms with Gasteiger partial charge in [0.1, 0.15) is 17.3 Å². The van der Waals surface area contributed by atoms with Gasteiger partial charge in [-0.05, 0) is 79.8 Å². The van der Waals surface area contributed by atoms with Gasteiger partial charge in [-0.1, -0.05) is 13.8 Å². The molecule has 0 unspecified atom stereocenters. The summed E-state index contributed by atoms with van der Waals surface area (Å²) in [6.45, 7) is 5.02. The fourth-order valence-corrected chi connectivity index (χ4v) is 5.12. The second-order valence-corrected chi connectivity index (χ2v) is 10.6. The summed E-state index contributed by atoms with van der Waals surface area (Å²) in [5, 5.41) is 28.1. The molecule has 2 amide bonds. The molecule has 0 saturated carbocycles. The third-order valence-corrected chi connectivity index (χ3v) is 7.07. The highest BCUT2D eigenvalue weighted by molar-refractivity contribution is 5.96. The zero-order valence-corrected chi connectivity index (χ0v) is 22.3. The molecule has 4 aromatic rings. The fraction of sp³-hybridized carbons (Fsp3) is 0.300. The number of piperidine rings is 1. The summed E-state index contributed by atoms with van der Waals surface area (Å²) in [7, 11) is 0. The van der Waals surface area contributed by atoms with E-state index in [4.69, 9.17) is 4.74 Å². The number of carbonyl (C=O) groups excluding carboxylic acids is 1. The molecule has 0 spiro atoms. The average Bonchev–Trinajstić information content (AvgIpc) is 3.33. The number of nitrogens with zero attached hydrogens (tertiary/aromatic N) is 3. The number of carboxylic acids is 1. The number of aliphatic hydroxyl groups is 1. The van der Waals surface area contributed by atoms with Crippen molar-refractivity contribution in [2.24, 2.45) is 5.92 Å². The summed E-state index contributed by atoms with van der Waals surface area (Å²) in [5.74, 6) is -0.246. The monoisotopic (exact) mass is 546 g/mol. The van der Waals surface area contributed by atoms with Crippen molar-refractivity contribution in [2.75, 3.05) is 18.4 Å². The SMILES string of the molecule is CC(C)CC1(O)CCN(C(=O)Nc2cc(Oc3ccc(C(=O)O)cc3)c3cnn(-c4ccc(F)cc4)c3c2)CC1. The number of halogens is 1. The van der Waals surface area contributed by atoms with Crippen LogP contribution >= 0.6 is 0 Å². The first-order chi connectivity index (χ1) is 19.1. The van der Waals surface area contributed by atoms with Crippen molar-refractivity contribution in [3.8, 4) is 17.2 Å². The number of ether oxygens (including phenoxy) is 1. The van der Waals surface area contributed by atoms with Gasteiger partial charge in [0.15, 0.2) is 0 Å². The lowest BCUT2D eigenvalue weighted by atomic mass is 9.84. The zero-order valence-electron chi connectivity index (χ0n) is 22.3. The quantitative estimate of drug-likeness (QED) is 0.259. The number of carbonyl (C=O) groups is 2. The van der Waals surface area contributed by atoms with Gasteiger partial charge in [-0.3, -0.25) is 0 Å². The number of likely N-dealkylation sites (tertiary alicyclic amines) is 1. The average molecular weight is 547 g/mol. The van der Waals surface area contributed by atoms with E-state index in [1.165, 1.54) is 24.3 Å². The number of amides is 2. The van der Waals surface area contributed by atoms with Crippen molar-refractivity contribution in [1.29, 1.82) is 0 Å². The first-order valence-electron chi connectivity index (χ1n) is 13.2. The Hall–Kier alpha value is -4.44. The van der Waals surface area contributed by atoms with Crippen LogP contribution in [0, 0.1) is 11.7 Å². The fourth-order valence-electron chi connectivity index (χ4n) is 5.12. The van der Waals surface area contributed by atoms with E-state index in [-0.39, 0.29) is 17.4 Å². The molecule has 1 aliphatic rings. The maximum atomic E-state index is 13.6. The molecule has 1 fully saturated rings. The van der Waals surface area contributed by atoms with Crippen LogP contribution in [0.3, 0.4) is 0 Å². The van der Waals surface area contributed by atoms with Crippen molar-refractivity contribution in [3.63, 3.8) is 0 Å². The predicted octanol–water partition coefficient (Wildman–Crippen LogP) is 6.06. The van der Waals surface area contributed by atoms with E-state index < -0.39 is 11.6 Å². The highest BCUT2D eigenvalue weighted by Crippen LogP contribution is 2.35. The van der Waals surface area contributed by atoms with Crippen molar-refractivity contribution in [2.45, 2.75) is 38.7 Å². The number of benzene rings is 3. The highest BCUT2D eigenvalue weighted by Gasteiger charge is 2.34. The summed E-state index contributed by atoms with van der Waals surface area (Å²) in [6, 6.07) is 15.0. The van der Waals surface area contributed by atoms with Crippen molar-refractivity contribution >= 4 is 28.6 Å². The number of nitrogens with one attached hydrogen (secondary N) is 1. The topological polar surface area (TPSA) is 117 Å². The van der Waals surface area contributed by atoms with Gasteiger partial charge in [-0.25, -0.2) is 18.7 Å². The van der Waals surface area contributed by atoms with E-state index in [0.29, 0.717) is 72.0 Å². The molecule has 0 radical (unpaired) electrons. The van der Waals surface area contributed by atoms with Crippen LogP contribution in [0.2, 0.25) is 0 Å². The van der Waals surface area contributed by atoms with Gasteiger partial charge in [0, 0.05) is 24.8 Å². The van der Waals surface area contributed by atoms with E-state index in [2.05, 4.69) is 24.3 Å². The molecule has 5 rings (SSSR count). The lowest BCUT2D eigenvalue weighted by molar-refractivity contribution is -0.0268. The summed E-state index contributed by atoms with van der Waals surface area (Å²) in [6.07, 6.45) is 3.33. The standard InChI is InChI=1S/C30H31FN4O5/c1-19(2)17-30(39)11-13-34(14-12-30)29(38)33-22-15-26-25(18-32-35(26)23-7-5-21(31)6-8-23)27(16-22)40-24-9-3-20(4-10-24)28(36)37/h3-10,15-16,18-19,39H,11-14,17H2,1-2H3,(H,33,38)(H,36,37). The molecule has 40 heavy (non-hydrogen) atoms. The minimum absolute atomic E-state index is 0.129. The van der Waals surface area contributed by atoms with Crippen LogP contribution in [0.25, 0.3) is 16.6 Å². The molecule has 10 heteroatoms. The molecule has 2 heterocycles. The highest BCUT2D eigenvalue weighted by atomic mass is 19.1. The molecule has 1 aromatic heterocycles. The molecule has 3 aromatic carbocycles. The molecular formula is C30H31FN4O5. The number of fused-ring (bicyclic) bond motifs is 1. The minimum Gasteiger partial charge on any atom is -0.478 e. The first kappa shape index (κ1) is 27.1. The lowest BCUT2D eigenvalue weighted by Crippen LogP contribution is -2.48. The Morgan fingerprint density at radius 3 is 2.38 bits per heavy atom. The number of hydrogen-bond acceptors (Lipinski definition) is 5. The van der Waals surface area contributed by atoms with Crippen LogP contribution in [0.1, 0.15) is 43.5 Å². The largest absolute Gasteiger partial charge is 0.478 e. The van der Waals surface area contributed by atoms with Gasteiger partial charge < -0.3 is 25.2 Å². The number of rotatable bonds is 7. The van der Waals surface area contributed by atoms with Gasteiger partial charge >= 0.3 is 12.0 Å². The van der Waals surface area contributed by atoms with Crippen LogP contribution in [0.5, 0.6) is 11.5 Å². The van der Waals surface area contributed by atoms with Crippen LogP contribution in [0.15, 0.2) is 66.9 Å². The van der Waals surface area contributed by atoms with Gasteiger partial charge in [0.2, 0.25) is 0 Å². The van der Waals surface area contributed by atoms with Crippen LogP contribution in [0.4, 0.5) is 14.9 Å². The van der Waals surface area contributed by atoms with Gasteiger partial charge in [0.05, 0.1) is 34.0 Å². The number of carboxylic acid groups (broad SMARTS) is 1. The first-order valence-corrected chi connectivity index (χ1v) is 13.2. The number of hydrogen-bond donors (Lipinski definition) is 3.